The van der Waals surface area contributed by atoms with E-state index in [1.165, 1.54) is 0 Å². The van der Waals surface area contributed by atoms with Crippen molar-refractivity contribution >= 4 is 10.0 Å². The predicted molar refractivity (Wildman–Crippen MR) is 76.6 cm³/mol. The number of nitrogens with zero attached hydrogens (tertiary/aromatic N) is 2. The first-order valence-corrected chi connectivity index (χ1v) is 8.29. The summed E-state index contributed by atoms with van der Waals surface area (Å²) in [6.07, 6.45) is 3.02. The minimum atomic E-state index is -3.46. The van der Waals surface area contributed by atoms with E-state index in [0.29, 0.717) is 22.8 Å². The van der Waals surface area contributed by atoms with Gasteiger partial charge < -0.3 is 0 Å². The van der Waals surface area contributed by atoms with Gasteiger partial charge in [-0.05, 0) is 34.1 Å². The van der Waals surface area contributed by atoms with E-state index in [1.54, 1.807) is 18.2 Å². The fourth-order valence-corrected chi connectivity index (χ4v) is 4.22. The minimum absolute atomic E-state index is 0.0458. The summed E-state index contributed by atoms with van der Waals surface area (Å²) in [4.78, 5) is 0.331. The molecule has 0 unspecified atom stereocenters. The highest BCUT2D eigenvalue weighted by Crippen LogP contribution is 2.23. The molecule has 0 atom stereocenters. The number of nitrogens with one attached hydrogen (secondary N) is 1. The van der Waals surface area contributed by atoms with Gasteiger partial charge in [0.1, 0.15) is 4.90 Å². The molecule has 1 rings (SSSR count). The van der Waals surface area contributed by atoms with Gasteiger partial charge in [0, 0.05) is 12.6 Å². The van der Waals surface area contributed by atoms with Crippen LogP contribution in [-0.4, -0.2) is 35.5 Å². The fraction of sp³-hybridized carbons (Fsp3) is 0.769. The van der Waals surface area contributed by atoms with Gasteiger partial charge in [-0.2, -0.15) is 9.40 Å². The quantitative estimate of drug-likeness (QED) is 0.784. The summed E-state index contributed by atoms with van der Waals surface area (Å²) in [6, 6.07) is -0.0458. The zero-order valence-corrected chi connectivity index (χ0v) is 13.3. The van der Waals surface area contributed by atoms with Crippen LogP contribution < -0.4 is 0 Å². The van der Waals surface area contributed by atoms with Crippen LogP contribution in [0.2, 0.25) is 0 Å². The van der Waals surface area contributed by atoms with Crippen LogP contribution in [0.25, 0.3) is 0 Å². The molecule has 0 aliphatic carbocycles. The number of sulfonamides is 1. The number of hydrogen-bond donors (Lipinski definition) is 1. The Hall–Kier alpha value is -0.880. The highest BCUT2D eigenvalue weighted by atomic mass is 32.2. The number of H-pyrrole nitrogens is 1. The lowest BCUT2D eigenvalue weighted by Gasteiger charge is -2.26. The van der Waals surface area contributed by atoms with Gasteiger partial charge in [0.05, 0.1) is 11.4 Å². The molecule has 0 bridgehead atoms. The molecule has 1 heterocycles. The maximum Gasteiger partial charge on any atom is 0.246 e. The van der Waals surface area contributed by atoms with Crippen molar-refractivity contribution in [2.75, 3.05) is 6.54 Å². The molecule has 0 fully saturated rings. The number of hydrogen-bond acceptors (Lipinski definition) is 3. The van der Waals surface area contributed by atoms with Gasteiger partial charge in [0.25, 0.3) is 0 Å². The molecular weight excluding hydrogens is 262 g/mol. The van der Waals surface area contributed by atoms with Crippen LogP contribution in [0.3, 0.4) is 0 Å². The first kappa shape index (κ1) is 16.2. The number of aromatic nitrogens is 2. The van der Waals surface area contributed by atoms with Crippen molar-refractivity contribution in [2.45, 2.75) is 64.8 Å². The Morgan fingerprint density at radius 2 is 1.89 bits per heavy atom. The van der Waals surface area contributed by atoms with Crippen LogP contribution >= 0.6 is 0 Å². The van der Waals surface area contributed by atoms with Crippen molar-refractivity contribution in [2.24, 2.45) is 0 Å². The molecule has 0 aromatic carbocycles. The lowest BCUT2D eigenvalue weighted by atomic mass is 10.2. The molecule has 1 aromatic rings. The fourth-order valence-electron chi connectivity index (χ4n) is 2.21. The average Bonchev–Trinajstić information content (AvgIpc) is 2.64. The summed E-state index contributed by atoms with van der Waals surface area (Å²) in [6.45, 7) is 9.97. The topological polar surface area (TPSA) is 66.1 Å². The van der Waals surface area contributed by atoms with E-state index in [4.69, 9.17) is 0 Å². The Kier molecular flexibility index (Phi) is 5.55. The van der Waals surface area contributed by atoms with E-state index in [9.17, 15) is 8.42 Å². The van der Waals surface area contributed by atoms with Gasteiger partial charge in [-0.3, -0.25) is 5.10 Å². The smallest absolute Gasteiger partial charge is 0.246 e. The largest absolute Gasteiger partial charge is 0.281 e. The number of unbranched alkanes of at least 4 members (excludes halogenated alkanes) is 2. The molecule has 19 heavy (non-hydrogen) atoms. The normalized spacial score (nSPS) is 12.6. The van der Waals surface area contributed by atoms with E-state index < -0.39 is 10.0 Å². The van der Waals surface area contributed by atoms with Crippen LogP contribution in [0.1, 0.15) is 51.4 Å². The molecule has 5 nitrogen and oxygen atoms in total. The molecule has 0 aliphatic heterocycles. The monoisotopic (exact) mass is 287 g/mol. The second kappa shape index (κ2) is 6.52. The molecule has 6 heteroatoms. The van der Waals surface area contributed by atoms with Gasteiger partial charge in [-0.1, -0.05) is 19.8 Å². The molecule has 110 valence electrons. The number of aromatic amines is 1. The molecule has 0 amide bonds. The van der Waals surface area contributed by atoms with Gasteiger partial charge in [-0.15, -0.1) is 0 Å². The Morgan fingerprint density at radius 1 is 1.26 bits per heavy atom. The highest BCUT2D eigenvalue weighted by Gasteiger charge is 2.30. The van der Waals surface area contributed by atoms with Crippen LogP contribution in [0.5, 0.6) is 0 Å². The summed E-state index contributed by atoms with van der Waals surface area (Å²) in [5.41, 5.74) is 1.15. The summed E-state index contributed by atoms with van der Waals surface area (Å²) >= 11 is 0. The summed E-state index contributed by atoms with van der Waals surface area (Å²) < 4.78 is 27.1. The van der Waals surface area contributed by atoms with E-state index in [1.807, 2.05) is 13.8 Å². The molecule has 1 N–H and O–H groups in total. The minimum Gasteiger partial charge on any atom is -0.281 e. The van der Waals surface area contributed by atoms with Crippen molar-refractivity contribution in [3.63, 3.8) is 0 Å². The van der Waals surface area contributed by atoms with E-state index in [0.717, 1.165) is 19.3 Å². The third-order valence-electron chi connectivity index (χ3n) is 3.19. The predicted octanol–water partition coefficient (Wildman–Crippen LogP) is 2.62. The van der Waals surface area contributed by atoms with E-state index in [-0.39, 0.29) is 6.04 Å². The first-order chi connectivity index (χ1) is 8.82. The van der Waals surface area contributed by atoms with Crippen molar-refractivity contribution in [1.82, 2.24) is 14.5 Å². The van der Waals surface area contributed by atoms with Crippen molar-refractivity contribution in [3.05, 3.63) is 11.4 Å². The van der Waals surface area contributed by atoms with Gasteiger partial charge in [0.2, 0.25) is 10.0 Å². The highest BCUT2D eigenvalue weighted by molar-refractivity contribution is 7.89. The van der Waals surface area contributed by atoms with Crippen molar-refractivity contribution in [3.8, 4) is 0 Å². The van der Waals surface area contributed by atoms with Gasteiger partial charge >= 0.3 is 0 Å². The standard InChI is InChI=1S/C13H25N3O2S/c1-6-7-8-9-16(10(2)3)19(17,18)13-11(4)14-15-12(13)5/h10H,6-9H2,1-5H3,(H,14,15). The second-order valence-electron chi connectivity index (χ2n) is 5.18. The lowest BCUT2D eigenvalue weighted by molar-refractivity contribution is 0.345. The van der Waals surface area contributed by atoms with Crippen LogP contribution in [-0.2, 0) is 10.0 Å². The SMILES string of the molecule is CCCCCN(C(C)C)S(=O)(=O)c1c(C)n[nH]c1C. The van der Waals surface area contributed by atoms with Crippen LogP contribution in [0.4, 0.5) is 0 Å². The van der Waals surface area contributed by atoms with Crippen LogP contribution in [0.15, 0.2) is 4.90 Å². The Labute approximate surface area is 116 Å². The number of rotatable bonds is 7. The molecule has 0 aliphatic rings. The molecule has 0 saturated carbocycles. The summed E-state index contributed by atoms with van der Waals surface area (Å²) in [5.74, 6) is 0. The third kappa shape index (κ3) is 3.57. The van der Waals surface area contributed by atoms with Crippen LogP contribution in [0, 0.1) is 13.8 Å². The Balaban J connectivity index is 3.07. The van der Waals surface area contributed by atoms with Gasteiger partial charge in [-0.25, -0.2) is 8.42 Å². The molecule has 0 spiro atoms. The molecule has 0 saturated heterocycles. The molecule has 0 radical (unpaired) electrons. The Morgan fingerprint density at radius 3 is 2.32 bits per heavy atom. The Bertz CT molecular complexity index is 486. The second-order valence-corrected chi connectivity index (χ2v) is 7.01. The first-order valence-electron chi connectivity index (χ1n) is 6.85. The average molecular weight is 287 g/mol. The maximum atomic E-state index is 12.7. The lowest BCUT2D eigenvalue weighted by Crippen LogP contribution is -2.38. The third-order valence-corrected chi connectivity index (χ3v) is 5.52. The maximum absolute atomic E-state index is 12.7. The summed E-state index contributed by atoms with van der Waals surface area (Å²) in [5, 5.41) is 6.74. The molecule has 1 aromatic heterocycles. The molecular formula is C13H25N3O2S. The van der Waals surface area contributed by atoms with Crippen molar-refractivity contribution in [1.29, 1.82) is 0 Å². The van der Waals surface area contributed by atoms with E-state index >= 15 is 0 Å². The zero-order chi connectivity index (χ0) is 14.6. The van der Waals surface area contributed by atoms with E-state index in [2.05, 4.69) is 17.1 Å². The van der Waals surface area contributed by atoms with Gasteiger partial charge in [0.15, 0.2) is 0 Å². The summed E-state index contributed by atoms with van der Waals surface area (Å²) in [7, 11) is -3.46. The zero-order valence-electron chi connectivity index (χ0n) is 12.5. The number of aryl methyl sites for hydroxylation is 2. The van der Waals surface area contributed by atoms with Crippen molar-refractivity contribution < 1.29 is 8.42 Å².